The molecular formula is C3H4N2OS. The lowest BCUT2D eigenvalue weighted by atomic mass is 10.8. The van der Waals surface area contributed by atoms with Gasteiger partial charge in [0.05, 0.1) is 0 Å². The largest absolute Gasteiger partial charge is 0.325 e. The van der Waals surface area contributed by atoms with Crippen LogP contribution in [0.5, 0.6) is 0 Å². The maximum atomic E-state index is 10.2. The summed E-state index contributed by atoms with van der Waals surface area (Å²) in [5.74, 6) is 0. The molecule has 0 saturated heterocycles. The molecule has 1 atom stereocenters. The Hall–Kier alpha value is -0.380. The highest BCUT2D eigenvalue weighted by molar-refractivity contribution is 8.14. The van der Waals surface area contributed by atoms with Crippen molar-refractivity contribution in [2.45, 2.75) is 12.3 Å². The van der Waals surface area contributed by atoms with Gasteiger partial charge in [0.2, 0.25) is 0 Å². The first-order valence-electron chi connectivity index (χ1n) is 1.90. The van der Waals surface area contributed by atoms with Crippen molar-refractivity contribution < 1.29 is 4.79 Å². The first kappa shape index (κ1) is 4.77. The van der Waals surface area contributed by atoms with Crippen LogP contribution in [-0.2, 0) is 0 Å². The molecule has 1 aliphatic rings. The molecule has 0 spiro atoms. The Labute approximate surface area is 45.2 Å². The Balaban J connectivity index is 2.58. The zero-order chi connectivity index (χ0) is 5.28. The van der Waals surface area contributed by atoms with Gasteiger partial charge in [-0.3, -0.25) is 4.79 Å². The number of nitrogens with zero attached hydrogens (tertiary/aromatic N) is 2. The molecule has 0 saturated carbocycles. The lowest BCUT2D eigenvalue weighted by Gasteiger charge is -1.83. The molecule has 0 aliphatic carbocycles. The van der Waals surface area contributed by atoms with Crippen molar-refractivity contribution in [2.75, 3.05) is 0 Å². The summed E-state index contributed by atoms with van der Waals surface area (Å²) in [6.45, 7) is 1.83. The second kappa shape index (κ2) is 1.61. The third-order valence-electron chi connectivity index (χ3n) is 0.573. The van der Waals surface area contributed by atoms with Gasteiger partial charge in [0, 0.05) is 0 Å². The van der Waals surface area contributed by atoms with Crippen LogP contribution in [0, 0.1) is 0 Å². The summed E-state index contributed by atoms with van der Waals surface area (Å²) in [6.07, 6.45) is 0. The van der Waals surface area contributed by atoms with Crippen molar-refractivity contribution in [3.05, 3.63) is 0 Å². The van der Waals surface area contributed by atoms with Crippen LogP contribution in [0.3, 0.4) is 0 Å². The topological polar surface area (TPSA) is 41.8 Å². The molecule has 38 valence electrons. The molecule has 1 aliphatic heterocycles. The fraction of sp³-hybridized carbons (Fsp3) is 0.667. The number of hydrogen-bond acceptors (Lipinski definition) is 3. The molecule has 0 aromatic carbocycles. The molecule has 0 bridgehead atoms. The SMILES string of the molecule is CC1N=NC(=O)S1. The van der Waals surface area contributed by atoms with Crippen molar-refractivity contribution >= 4 is 17.0 Å². The van der Waals surface area contributed by atoms with E-state index in [1.54, 1.807) is 0 Å². The van der Waals surface area contributed by atoms with Gasteiger partial charge in [0.15, 0.2) is 0 Å². The molecule has 3 nitrogen and oxygen atoms in total. The molecule has 7 heavy (non-hydrogen) atoms. The number of carbonyl (C=O) groups is 1. The highest BCUT2D eigenvalue weighted by Gasteiger charge is 2.13. The Morgan fingerprint density at radius 1 is 1.86 bits per heavy atom. The van der Waals surface area contributed by atoms with E-state index >= 15 is 0 Å². The average Bonchev–Trinajstić information content (AvgIpc) is 1.87. The van der Waals surface area contributed by atoms with E-state index in [-0.39, 0.29) is 10.6 Å². The Morgan fingerprint density at radius 2 is 2.57 bits per heavy atom. The highest BCUT2D eigenvalue weighted by Crippen LogP contribution is 2.21. The van der Waals surface area contributed by atoms with Gasteiger partial charge < -0.3 is 0 Å². The summed E-state index contributed by atoms with van der Waals surface area (Å²) in [6, 6.07) is 0. The number of amides is 1. The second-order valence-electron chi connectivity index (χ2n) is 1.20. The third kappa shape index (κ3) is 0.991. The fourth-order valence-corrected chi connectivity index (χ4v) is 0.802. The Kier molecular flexibility index (Phi) is 1.10. The normalized spacial score (nSPS) is 29.3. The van der Waals surface area contributed by atoms with Gasteiger partial charge in [0.25, 0.3) is 0 Å². The summed E-state index contributed by atoms with van der Waals surface area (Å²) < 4.78 is 0. The number of rotatable bonds is 0. The molecule has 1 rings (SSSR count). The van der Waals surface area contributed by atoms with Gasteiger partial charge in [-0.05, 0) is 18.7 Å². The van der Waals surface area contributed by atoms with Crippen molar-refractivity contribution in [1.82, 2.24) is 0 Å². The highest BCUT2D eigenvalue weighted by atomic mass is 32.2. The lowest BCUT2D eigenvalue weighted by molar-refractivity contribution is 0.267. The van der Waals surface area contributed by atoms with Crippen LogP contribution in [0.25, 0.3) is 0 Å². The van der Waals surface area contributed by atoms with Gasteiger partial charge in [-0.1, -0.05) is 0 Å². The zero-order valence-electron chi connectivity index (χ0n) is 3.79. The van der Waals surface area contributed by atoms with Gasteiger partial charge in [0.1, 0.15) is 5.37 Å². The standard InChI is InChI=1S/C3H4N2OS/c1-2-4-5-3(6)7-2/h2H,1H3. The summed E-state index contributed by atoms with van der Waals surface area (Å²) in [5, 5.41) is 6.70. The first-order chi connectivity index (χ1) is 3.29. The van der Waals surface area contributed by atoms with E-state index in [2.05, 4.69) is 10.2 Å². The van der Waals surface area contributed by atoms with E-state index in [4.69, 9.17) is 0 Å². The van der Waals surface area contributed by atoms with Gasteiger partial charge in [-0.25, -0.2) is 0 Å². The van der Waals surface area contributed by atoms with Crippen LogP contribution in [0.15, 0.2) is 10.2 Å². The van der Waals surface area contributed by atoms with Crippen LogP contribution in [-0.4, -0.2) is 10.6 Å². The molecule has 1 amide bonds. The van der Waals surface area contributed by atoms with Gasteiger partial charge >= 0.3 is 5.24 Å². The number of carbonyl (C=O) groups excluding carboxylic acids is 1. The summed E-state index contributed by atoms with van der Waals surface area (Å²) in [7, 11) is 0. The minimum atomic E-state index is -0.174. The third-order valence-corrected chi connectivity index (χ3v) is 1.29. The molecule has 4 heteroatoms. The van der Waals surface area contributed by atoms with E-state index in [1.807, 2.05) is 6.92 Å². The van der Waals surface area contributed by atoms with Crippen LogP contribution in [0.1, 0.15) is 6.92 Å². The zero-order valence-corrected chi connectivity index (χ0v) is 4.60. The second-order valence-corrected chi connectivity index (χ2v) is 2.47. The lowest BCUT2D eigenvalue weighted by Crippen LogP contribution is -1.81. The van der Waals surface area contributed by atoms with Crippen molar-refractivity contribution in [2.24, 2.45) is 10.2 Å². The van der Waals surface area contributed by atoms with E-state index in [9.17, 15) is 4.79 Å². The van der Waals surface area contributed by atoms with E-state index in [0.717, 1.165) is 11.8 Å². The van der Waals surface area contributed by atoms with Gasteiger partial charge in [-0.2, -0.15) is 5.11 Å². The molecule has 1 heterocycles. The maximum Gasteiger partial charge on any atom is 0.325 e. The molecule has 0 fully saturated rings. The number of thioether (sulfide) groups is 1. The Morgan fingerprint density at radius 3 is 2.71 bits per heavy atom. The van der Waals surface area contributed by atoms with Crippen LogP contribution in [0.2, 0.25) is 0 Å². The fourth-order valence-electron chi connectivity index (χ4n) is 0.321. The average molecular weight is 116 g/mol. The molecule has 0 aromatic heterocycles. The maximum absolute atomic E-state index is 10.2. The van der Waals surface area contributed by atoms with Crippen LogP contribution < -0.4 is 0 Å². The first-order valence-corrected chi connectivity index (χ1v) is 2.78. The minimum Gasteiger partial charge on any atom is -0.258 e. The summed E-state index contributed by atoms with van der Waals surface area (Å²) in [4.78, 5) is 10.2. The number of azo groups is 1. The summed E-state index contributed by atoms with van der Waals surface area (Å²) in [5.41, 5.74) is 0. The predicted molar refractivity (Wildman–Crippen MR) is 27.3 cm³/mol. The molecule has 0 aromatic rings. The quantitative estimate of drug-likeness (QED) is 0.483. The van der Waals surface area contributed by atoms with Crippen molar-refractivity contribution in [3.8, 4) is 0 Å². The molecule has 0 radical (unpaired) electrons. The van der Waals surface area contributed by atoms with E-state index in [1.165, 1.54) is 0 Å². The smallest absolute Gasteiger partial charge is 0.258 e. The van der Waals surface area contributed by atoms with E-state index < -0.39 is 0 Å². The van der Waals surface area contributed by atoms with Gasteiger partial charge in [-0.15, -0.1) is 5.11 Å². The van der Waals surface area contributed by atoms with Crippen LogP contribution >= 0.6 is 11.8 Å². The molecular weight excluding hydrogens is 112 g/mol. The molecule has 0 N–H and O–H groups in total. The van der Waals surface area contributed by atoms with Crippen LogP contribution in [0.4, 0.5) is 4.79 Å². The van der Waals surface area contributed by atoms with E-state index in [0.29, 0.717) is 0 Å². The van der Waals surface area contributed by atoms with Crippen molar-refractivity contribution in [1.29, 1.82) is 0 Å². The summed E-state index contributed by atoms with van der Waals surface area (Å²) >= 11 is 1.15. The molecule has 1 unspecified atom stereocenters. The number of hydrogen-bond donors (Lipinski definition) is 0. The minimum absolute atomic E-state index is 0.0486. The predicted octanol–water partition coefficient (Wildman–Crippen LogP) is 1.65. The van der Waals surface area contributed by atoms with Crippen molar-refractivity contribution in [3.63, 3.8) is 0 Å². The Bertz CT molecular complexity index is 122. The monoisotopic (exact) mass is 116 g/mol.